The minimum atomic E-state index is -0.754. The van der Waals surface area contributed by atoms with E-state index in [0.29, 0.717) is 42.8 Å². The van der Waals surface area contributed by atoms with E-state index in [2.05, 4.69) is 5.32 Å². The van der Waals surface area contributed by atoms with Crippen LogP contribution in [0.4, 0.5) is 10.1 Å². The number of hydrogen-bond acceptors (Lipinski definition) is 5. The molecule has 0 atom stereocenters. The first kappa shape index (κ1) is 24.6. The summed E-state index contributed by atoms with van der Waals surface area (Å²) in [4.78, 5) is 13.4. The van der Waals surface area contributed by atoms with Crippen LogP contribution in [0, 0.1) is 5.82 Å². The van der Waals surface area contributed by atoms with Gasteiger partial charge in [-0.2, -0.15) is 0 Å². The van der Waals surface area contributed by atoms with Crippen molar-refractivity contribution < 1.29 is 28.9 Å². The highest BCUT2D eigenvalue weighted by molar-refractivity contribution is 6.02. The summed E-state index contributed by atoms with van der Waals surface area (Å²) in [5, 5.41) is 22.9. The molecule has 1 saturated carbocycles. The summed E-state index contributed by atoms with van der Waals surface area (Å²) < 4.78 is 28.8. The number of rotatable bonds is 8. The maximum absolute atomic E-state index is 15.3. The van der Waals surface area contributed by atoms with Crippen LogP contribution < -0.4 is 14.8 Å². The zero-order valence-electron chi connectivity index (χ0n) is 21.2. The molecule has 3 N–H and O–H groups in total. The smallest absolute Gasteiger partial charge is 0.246 e. The molecule has 0 saturated heterocycles. The van der Waals surface area contributed by atoms with Gasteiger partial charge in [0.05, 0.1) is 23.2 Å². The number of hydrogen-bond donors (Lipinski definition) is 3. The molecule has 1 aliphatic heterocycles. The molecule has 1 fully saturated rings. The van der Waals surface area contributed by atoms with Crippen molar-refractivity contribution >= 4 is 22.5 Å². The predicted molar refractivity (Wildman–Crippen MR) is 135 cm³/mol. The number of anilines is 1. The molecule has 0 unspecified atom stereocenters. The molecule has 2 heterocycles. The van der Waals surface area contributed by atoms with Crippen molar-refractivity contribution in [2.45, 2.75) is 70.1 Å². The molecular weight excluding hydrogens is 463 g/mol. The summed E-state index contributed by atoms with van der Waals surface area (Å²) in [6.07, 6.45) is 1.84. The minimum absolute atomic E-state index is 0.00866. The number of aliphatic hydroxyl groups is 2. The van der Waals surface area contributed by atoms with Crippen LogP contribution in [-0.2, 0) is 22.2 Å². The number of nitrogens with one attached hydrogen (secondary N) is 1. The number of benzene rings is 2. The first-order valence-electron chi connectivity index (χ1n) is 12.4. The van der Waals surface area contributed by atoms with E-state index >= 15 is 4.39 Å². The Kier molecular flexibility index (Phi) is 5.80. The Labute approximate surface area is 209 Å². The molecule has 1 amide bonds. The van der Waals surface area contributed by atoms with Crippen molar-refractivity contribution in [3.05, 3.63) is 53.5 Å². The Morgan fingerprint density at radius 1 is 1.11 bits per heavy atom. The lowest BCUT2D eigenvalue weighted by Crippen LogP contribution is -2.29. The van der Waals surface area contributed by atoms with E-state index in [1.54, 1.807) is 6.07 Å². The van der Waals surface area contributed by atoms with Crippen LogP contribution in [0.5, 0.6) is 11.5 Å². The second-order valence-corrected chi connectivity index (χ2v) is 11.0. The molecule has 2 aromatic carbocycles. The Bertz CT molecular complexity index is 1340. The lowest BCUT2D eigenvalue weighted by atomic mass is 9.90. The maximum Gasteiger partial charge on any atom is 0.246 e. The van der Waals surface area contributed by atoms with Gasteiger partial charge in [-0.1, -0.05) is 19.9 Å². The molecule has 36 heavy (non-hydrogen) atoms. The van der Waals surface area contributed by atoms with Gasteiger partial charge in [0, 0.05) is 49.6 Å². The zero-order valence-corrected chi connectivity index (χ0v) is 21.2. The van der Waals surface area contributed by atoms with Crippen LogP contribution in [-0.4, -0.2) is 39.7 Å². The highest BCUT2D eigenvalue weighted by Crippen LogP contribution is 2.52. The Morgan fingerprint density at radius 2 is 1.83 bits per heavy atom. The monoisotopic (exact) mass is 496 g/mol. The molecule has 5 rings (SSSR count). The van der Waals surface area contributed by atoms with E-state index in [9.17, 15) is 15.0 Å². The third kappa shape index (κ3) is 4.12. The van der Waals surface area contributed by atoms with Crippen LogP contribution in [0.25, 0.3) is 10.9 Å². The average Bonchev–Trinajstić information content (AvgIpc) is 3.47. The Hall–Kier alpha value is -3.10. The largest absolute Gasteiger partial charge is 0.449 e. The normalized spacial score (nSPS) is 17.4. The molecule has 2 aliphatic rings. The molecule has 7 nitrogen and oxygen atoms in total. The second-order valence-electron chi connectivity index (χ2n) is 11.0. The van der Waals surface area contributed by atoms with Crippen molar-refractivity contribution in [2.24, 2.45) is 0 Å². The molecular formula is C28H33FN2O5. The first-order chi connectivity index (χ1) is 17.0. The lowest BCUT2D eigenvalue weighted by molar-refractivity contribution is -0.118. The van der Waals surface area contributed by atoms with E-state index in [1.807, 2.05) is 56.5 Å². The van der Waals surface area contributed by atoms with Gasteiger partial charge in [0.2, 0.25) is 11.7 Å². The molecule has 0 spiro atoms. The number of carbonyl (C=O) groups excluding carboxylic acids is 1. The summed E-state index contributed by atoms with van der Waals surface area (Å²) >= 11 is 0. The first-order valence-corrected chi connectivity index (χ1v) is 12.4. The number of halogens is 1. The molecule has 8 heteroatoms. The second kappa shape index (κ2) is 8.49. The summed E-state index contributed by atoms with van der Waals surface area (Å²) in [7, 11) is 0. The van der Waals surface area contributed by atoms with Crippen LogP contribution in [0.2, 0.25) is 0 Å². The number of amides is 1. The van der Waals surface area contributed by atoms with E-state index in [0.717, 1.165) is 16.6 Å². The van der Waals surface area contributed by atoms with Gasteiger partial charge >= 0.3 is 0 Å². The van der Waals surface area contributed by atoms with Crippen molar-refractivity contribution in [3.63, 3.8) is 0 Å². The fourth-order valence-electron chi connectivity index (χ4n) is 5.03. The maximum atomic E-state index is 15.3. The number of nitrogens with zero attached hydrogens (tertiary/aromatic N) is 1. The highest BCUT2D eigenvalue weighted by atomic mass is 19.1. The summed E-state index contributed by atoms with van der Waals surface area (Å²) in [6.45, 7) is 7.91. The minimum Gasteiger partial charge on any atom is -0.449 e. The van der Waals surface area contributed by atoms with Crippen molar-refractivity contribution in [1.82, 2.24) is 4.57 Å². The molecule has 1 aliphatic carbocycles. The van der Waals surface area contributed by atoms with Gasteiger partial charge in [0.1, 0.15) is 5.82 Å². The van der Waals surface area contributed by atoms with E-state index < -0.39 is 22.4 Å². The summed E-state index contributed by atoms with van der Waals surface area (Å²) in [5.41, 5.74) is 1.16. The molecule has 0 radical (unpaired) electrons. The fourth-order valence-corrected chi connectivity index (χ4v) is 5.03. The third-order valence-corrected chi connectivity index (χ3v) is 7.26. The summed E-state index contributed by atoms with van der Waals surface area (Å²) in [5.74, 6) is -0.295. The van der Waals surface area contributed by atoms with E-state index in [1.165, 1.54) is 6.07 Å². The number of aromatic nitrogens is 1. The number of aliphatic hydroxyl groups excluding tert-OH is 2. The predicted octanol–water partition coefficient (Wildman–Crippen LogP) is 4.61. The third-order valence-electron chi connectivity index (χ3n) is 7.26. The van der Waals surface area contributed by atoms with Crippen LogP contribution in [0.1, 0.15) is 58.2 Å². The van der Waals surface area contributed by atoms with Gasteiger partial charge in [-0.05, 0) is 49.1 Å². The van der Waals surface area contributed by atoms with E-state index in [4.69, 9.17) is 9.47 Å². The number of ether oxygens (including phenoxy) is 2. The van der Waals surface area contributed by atoms with Gasteiger partial charge in [-0.15, -0.1) is 0 Å². The number of carbonyl (C=O) groups is 1. The van der Waals surface area contributed by atoms with Crippen LogP contribution in [0.3, 0.4) is 0 Å². The quantitative estimate of drug-likeness (QED) is 0.424. The highest BCUT2D eigenvalue weighted by Gasteiger charge is 2.52. The van der Waals surface area contributed by atoms with Gasteiger partial charge in [0.25, 0.3) is 0 Å². The molecule has 1 aromatic heterocycles. The molecule has 192 valence electrons. The standard InChI is InChI=1S/C28H33FN2O5/c1-26(2,16-33)24-13-17-12-20(19(29)15-21(17)31(24)10-5-11-32)30-25(34)28(8-9-28)18-6-7-22-23(14-18)36-27(3,4)35-22/h6-7,12-15,32-33H,5,8-11,16H2,1-4H3,(H,30,34). The van der Waals surface area contributed by atoms with Crippen molar-refractivity contribution in [3.8, 4) is 11.5 Å². The summed E-state index contributed by atoms with van der Waals surface area (Å²) in [6, 6.07) is 10.5. The average molecular weight is 497 g/mol. The van der Waals surface area contributed by atoms with Gasteiger partial charge in [-0.3, -0.25) is 4.79 Å². The lowest BCUT2D eigenvalue weighted by Gasteiger charge is -2.24. The van der Waals surface area contributed by atoms with Gasteiger partial charge in [-0.25, -0.2) is 4.39 Å². The number of aryl methyl sites for hydroxylation is 1. The molecule has 0 bridgehead atoms. The zero-order chi connectivity index (χ0) is 25.9. The van der Waals surface area contributed by atoms with Gasteiger partial charge < -0.3 is 29.6 Å². The van der Waals surface area contributed by atoms with E-state index in [-0.39, 0.29) is 24.8 Å². The Balaban J connectivity index is 1.45. The SMILES string of the molecule is CC1(C)Oc2ccc(C3(C(=O)Nc4cc5cc(C(C)(C)CO)n(CCCO)c5cc4F)CC3)cc2O1. The van der Waals surface area contributed by atoms with Crippen LogP contribution in [0.15, 0.2) is 36.4 Å². The number of fused-ring (bicyclic) bond motifs is 2. The topological polar surface area (TPSA) is 93.0 Å². The fraction of sp³-hybridized carbons (Fsp3) is 0.464. The molecule has 3 aromatic rings. The Morgan fingerprint density at radius 3 is 2.50 bits per heavy atom. The van der Waals surface area contributed by atoms with Crippen molar-refractivity contribution in [1.29, 1.82) is 0 Å². The van der Waals surface area contributed by atoms with Crippen molar-refractivity contribution in [2.75, 3.05) is 18.5 Å². The van der Waals surface area contributed by atoms with Gasteiger partial charge in [0.15, 0.2) is 11.5 Å². The van der Waals surface area contributed by atoms with Crippen LogP contribution >= 0.6 is 0 Å².